The van der Waals surface area contributed by atoms with E-state index in [0.717, 1.165) is 5.56 Å². The molecule has 0 fully saturated rings. The van der Waals surface area contributed by atoms with Gasteiger partial charge >= 0.3 is 0 Å². The van der Waals surface area contributed by atoms with Crippen LogP contribution >= 0.6 is 0 Å². The maximum atomic E-state index is 12.5. The highest BCUT2D eigenvalue weighted by atomic mass is 16.7. The SMILES string of the molecule is CC(C)Oc1ccc2c(c1)O/C(=C/c1ccc3c(c1)OCO3)C2=O. The molecule has 4 rings (SSSR count). The summed E-state index contributed by atoms with van der Waals surface area (Å²) in [6, 6.07) is 10.7. The van der Waals surface area contributed by atoms with Crippen molar-refractivity contribution in [2.24, 2.45) is 0 Å². The van der Waals surface area contributed by atoms with Gasteiger partial charge in [-0.15, -0.1) is 0 Å². The lowest BCUT2D eigenvalue weighted by molar-refractivity contribution is 0.101. The molecule has 2 heterocycles. The van der Waals surface area contributed by atoms with Crippen LogP contribution in [0.25, 0.3) is 6.08 Å². The van der Waals surface area contributed by atoms with Crippen molar-refractivity contribution in [2.45, 2.75) is 20.0 Å². The predicted molar refractivity (Wildman–Crippen MR) is 87.7 cm³/mol. The summed E-state index contributed by atoms with van der Waals surface area (Å²) >= 11 is 0. The van der Waals surface area contributed by atoms with E-state index in [1.807, 2.05) is 32.0 Å². The van der Waals surface area contributed by atoms with Gasteiger partial charge in [-0.25, -0.2) is 0 Å². The van der Waals surface area contributed by atoms with Gasteiger partial charge in [0.25, 0.3) is 0 Å². The van der Waals surface area contributed by atoms with Gasteiger partial charge in [0, 0.05) is 6.07 Å². The molecule has 2 aliphatic rings. The molecule has 24 heavy (non-hydrogen) atoms. The van der Waals surface area contributed by atoms with Crippen molar-refractivity contribution in [1.82, 2.24) is 0 Å². The summed E-state index contributed by atoms with van der Waals surface area (Å²) in [5, 5.41) is 0. The standard InChI is InChI=1S/C19H16O5/c1-11(2)23-13-4-5-14-16(9-13)24-18(19(14)20)8-12-3-6-15-17(7-12)22-10-21-15/h3-9,11H,10H2,1-2H3/b18-8+. The maximum Gasteiger partial charge on any atom is 0.231 e. The number of hydrogen-bond donors (Lipinski definition) is 0. The van der Waals surface area contributed by atoms with E-state index in [-0.39, 0.29) is 24.4 Å². The van der Waals surface area contributed by atoms with Crippen LogP contribution in [-0.4, -0.2) is 18.7 Å². The largest absolute Gasteiger partial charge is 0.491 e. The number of carbonyl (C=O) groups is 1. The number of rotatable bonds is 3. The van der Waals surface area contributed by atoms with Crippen molar-refractivity contribution >= 4 is 11.9 Å². The zero-order chi connectivity index (χ0) is 16.7. The van der Waals surface area contributed by atoms with Crippen LogP contribution < -0.4 is 18.9 Å². The number of fused-ring (bicyclic) bond motifs is 2. The molecule has 0 saturated heterocycles. The van der Waals surface area contributed by atoms with E-state index < -0.39 is 0 Å². The first-order valence-corrected chi connectivity index (χ1v) is 7.75. The molecule has 0 atom stereocenters. The highest BCUT2D eigenvalue weighted by Gasteiger charge is 2.28. The topological polar surface area (TPSA) is 54.0 Å². The molecule has 0 amide bonds. The van der Waals surface area contributed by atoms with Crippen LogP contribution in [0.5, 0.6) is 23.0 Å². The molecule has 122 valence electrons. The average Bonchev–Trinajstić information content (AvgIpc) is 3.11. The number of carbonyl (C=O) groups excluding carboxylic acids is 1. The van der Waals surface area contributed by atoms with Gasteiger partial charge in [0.2, 0.25) is 12.6 Å². The lowest BCUT2D eigenvalue weighted by Crippen LogP contribution is -2.05. The Morgan fingerprint density at radius 2 is 1.88 bits per heavy atom. The smallest absolute Gasteiger partial charge is 0.231 e. The number of ketones is 1. The first-order valence-electron chi connectivity index (χ1n) is 7.75. The average molecular weight is 324 g/mol. The van der Waals surface area contributed by atoms with E-state index >= 15 is 0 Å². The first kappa shape index (κ1) is 14.6. The second kappa shape index (κ2) is 5.60. The third-order valence-corrected chi connectivity index (χ3v) is 3.71. The zero-order valence-corrected chi connectivity index (χ0v) is 13.4. The summed E-state index contributed by atoms with van der Waals surface area (Å²) in [5.74, 6) is 2.71. The maximum absolute atomic E-state index is 12.5. The van der Waals surface area contributed by atoms with Crippen LogP contribution in [0, 0.1) is 0 Å². The third kappa shape index (κ3) is 2.58. The van der Waals surface area contributed by atoms with Gasteiger partial charge in [-0.1, -0.05) is 6.07 Å². The van der Waals surface area contributed by atoms with Crippen LogP contribution in [0.1, 0.15) is 29.8 Å². The monoisotopic (exact) mass is 324 g/mol. The molecule has 2 aromatic rings. The molecule has 0 spiro atoms. The van der Waals surface area contributed by atoms with Crippen molar-refractivity contribution in [2.75, 3.05) is 6.79 Å². The van der Waals surface area contributed by atoms with Crippen LogP contribution in [-0.2, 0) is 0 Å². The van der Waals surface area contributed by atoms with Gasteiger partial charge in [-0.3, -0.25) is 4.79 Å². The van der Waals surface area contributed by atoms with Gasteiger partial charge in [0.1, 0.15) is 11.5 Å². The molecule has 0 radical (unpaired) electrons. The number of hydrogen-bond acceptors (Lipinski definition) is 5. The number of allylic oxidation sites excluding steroid dienone is 1. The van der Waals surface area contributed by atoms with Crippen molar-refractivity contribution in [1.29, 1.82) is 0 Å². The molecule has 5 nitrogen and oxygen atoms in total. The van der Waals surface area contributed by atoms with Gasteiger partial charge < -0.3 is 18.9 Å². The molecule has 0 unspecified atom stereocenters. The molecule has 0 saturated carbocycles. The summed E-state index contributed by atoms with van der Waals surface area (Å²) < 4.78 is 22.0. The normalized spacial score (nSPS) is 16.5. The molecule has 0 aromatic heterocycles. The highest BCUT2D eigenvalue weighted by Crippen LogP contribution is 2.37. The fourth-order valence-corrected chi connectivity index (χ4v) is 2.67. The van der Waals surface area contributed by atoms with Crippen LogP contribution in [0.4, 0.5) is 0 Å². The fraction of sp³-hybridized carbons (Fsp3) is 0.211. The minimum absolute atomic E-state index is 0.0591. The zero-order valence-electron chi connectivity index (χ0n) is 13.4. The van der Waals surface area contributed by atoms with E-state index in [2.05, 4.69) is 0 Å². The molecule has 0 N–H and O–H groups in total. The Morgan fingerprint density at radius 3 is 2.71 bits per heavy atom. The second-order valence-electron chi connectivity index (χ2n) is 5.88. The van der Waals surface area contributed by atoms with Crippen molar-refractivity contribution < 1.29 is 23.7 Å². The van der Waals surface area contributed by atoms with Gasteiger partial charge in [0.15, 0.2) is 17.3 Å². The van der Waals surface area contributed by atoms with E-state index in [1.165, 1.54) is 0 Å². The Labute approximate surface area is 139 Å². The predicted octanol–water partition coefficient (Wildman–Crippen LogP) is 3.82. The molecule has 0 aliphatic carbocycles. The third-order valence-electron chi connectivity index (χ3n) is 3.71. The summed E-state index contributed by atoms with van der Waals surface area (Å²) in [6.07, 6.45) is 1.76. The minimum Gasteiger partial charge on any atom is -0.491 e. The Balaban J connectivity index is 1.62. The lowest BCUT2D eigenvalue weighted by Gasteiger charge is -2.09. The first-order chi connectivity index (χ1) is 11.6. The molecule has 2 aromatic carbocycles. The molecular formula is C19H16O5. The Bertz CT molecular complexity index is 851. The van der Waals surface area contributed by atoms with Crippen LogP contribution in [0.15, 0.2) is 42.2 Å². The van der Waals surface area contributed by atoms with Crippen molar-refractivity contribution in [3.8, 4) is 23.0 Å². The number of Topliss-reactive ketones (excluding diaryl/α,β-unsaturated/α-hetero) is 1. The Hall–Kier alpha value is -2.95. The van der Waals surface area contributed by atoms with E-state index in [4.69, 9.17) is 18.9 Å². The summed E-state index contributed by atoms with van der Waals surface area (Å²) in [7, 11) is 0. The lowest BCUT2D eigenvalue weighted by atomic mass is 10.1. The van der Waals surface area contributed by atoms with Crippen molar-refractivity contribution in [3.63, 3.8) is 0 Å². The molecule has 0 bridgehead atoms. The highest BCUT2D eigenvalue weighted by molar-refractivity contribution is 6.14. The Morgan fingerprint density at radius 1 is 1.04 bits per heavy atom. The molecule has 2 aliphatic heterocycles. The second-order valence-corrected chi connectivity index (χ2v) is 5.88. The number of ether oxygens (including phenoxy) is 4. The van der Waals surface area contributed by atoms with Gasteiger partial charge in [-0.2, -0.15) is 0 Å². The van der Waals surface area contributed by atoms with Crippen LogP contribution in [0.3, 0.4) is 0 Å². The van der Waals surface area contributed by atoms with E-state index in [9.17, 15) is 4.79 Å². The van der Waals surface area contributed by atoms with Crippen molar-refractivity contribution in [3.05, 3.63) is 53.3 Å². The molecule has 5 heteroatoms. The van der Waals surface area contributed by atoms with E-state index in [1.54, 1.807) is 24.3 Å². The van der Waals surface area contributed by atoms with E-state index in [0.29, 0.717) is 28.6 Å². The Kier molecular flexibility index (Phi) is 3.41. The summed E-state index contributed by atoms with van der Waals surface area (Å²) in [4.78, 5) is 12.5. The quantitative estimate of drug-likeness (QED) is 0.803. The fourth-order valence-electron chi connectivity index (χ4n) is 2.67. The minimum atomic E-state index is -0.140. The van der Waals surface area contributed by atoms with Gasteiger partial charge in [-0.05, 0) is 49.8 Å². The number of benzene rings is 2. The van der Waals surface area contributed by atoms with Gasteiger partial charge in [0.05, 0.1) is 11.7 Å². The summed E-state index contributed by atoms with van der Waals surface area (Å²) in [5.41, 5.74) is 1.35. The molecular weight excluding hydrogens is 308 g/mol. The summed E-state index contributed by atoms with van der Waals surface area (Å²) in [6.45, 7) is 4.11. The van der Waals surface area contributed by atoms with Crippen LogP contribution in [0.2, 0.25) is 0 Å².